The van der Waals surface area contributed by atoms with E-state index < -0.39 is 0 Å². The summed E-state index contributed by atoms with van der Waals surface area (Å²) in [4.78, 5) is 6.94. The van der Waals surface area contributed by atoms with Gasteiger partial charge in [0.15, 0.2) is 11.0 Å². The average molecular weight is 311 g/mol. The molecule has 3 aromatic carbocycles. The molecule has 4 aromatic rings. The number of hydrogen-bond donors (Lipinski definition) is 0. The Morgan fingerprint density at radius 1 is 0.864 bits per heavy atom. The third kappa shape index (κ3) is 2.14. The van der Waals surface area contributed by atoms with E-state index in [1.54, 1.807) is 0 Å². The van der Waals surface area contributed by atoms with Crippen molar-refractivity contribution in [3.63, 3.8) is 0 Å². The van der Waals surface area contributed by atoms with Crippen molar-refractivity contribution in [1.29, 1.82) is 0 Å². The number of rotatable bonds is 1. The van der Waals surface area contributed by atoms with Crippen LogP contribution in [0.1, 0.15) is 0 Å². The number of nitrogens with zero attached hydrogens (tertiary/aromatic N) is 2. The first-order valence-electron chi connectivity index (χ1n) is 6.96. The number of hydrogen-bond acceptors (Lipinski definition) is 2. The summed E-state index contributed by atoms with van der Waals surface area (Å²) in [7, 11) is 4.09. The van der Waals surface area contributed by atoms with Crippen LogP contribution in [0.15, 0.2) is 59.0 Å². The fourth-order valence-electron chi connectivity index (χ4n) is 2.76. The molecule has 0 radical (unpaired) electrons. The molecule has 0 atom stereocenters. The van der Waals surface area contributed by atoms with Crippen molar-refractivity contribution in [3.05, 3.63) is 54.6 Å². The predicted octanol–water partition coefficient (Wildman–Crippen LogP) is 1.49. The molecule has 0 unspecified atom stereocenters. The van der Waals surface area contributed by atoms with Crippen LogP contribution in [0.5, 0.6) is 0 Å². The van der Waals surface area contributed by atoms with Gasteiger partial charge in [0.05, 0.1) is 0 Å². The zero-order valence-corrected chi connectivity index (χ0v) is 13.1. The van der Waals surface area contributed by atoms with Crippen LogP contribution in [-0.2, 0) is 0 Å². The Morgan fingerprint density at radius 3 is 2.50 bits per heavy atom. The van der Waals surface area contributed by atoms with Crippen molar-refractivity contribution in [2.75, 3.05) is 19.0 Å². The van der Waals surface area contributed by atoms with E-state index in [0.29, 0.717) is 0 Å². The number of halogens is 1. The van der Waals surface area contributed by atoms with Gasteiger partial charge in [0, 0.05) is 37.3 Å². The highest BCUT2D eigenvalue weighted by Crippen LogP contribution is 2.33. The summed E-state index contributed by atoms with van der Waals surface area (Å²) in [5.41, 5.74) is 4.57. The maximum atomic E-state index is 6.01. The minimum absolute atomic E-state index is 0. The van der Waals surface area contributed by atoms with E-state index in [9.17, 15) is 0 Å². The summed E-state index contributed by atoms with van der Waals surface area (Å²) < 4.78 is 6.01. The highest BCUT2D eigenvalue weighted by Gasteiger charge is 2.17. The van der Waals surface area contributed by atoms with Crippen LogP contribution in [-0.4, -0.2) is 19.1 Å². The van der Waals surface area contributed by atoms with Crippen LogP contribution in [0.2, 0.25) is 0 Å². The van der Waals surface area contributed by atoms with Gasteiger partial charge in [-0.15, -0.1) is 0 Å². The summed E-state index contributed by atoms with van der Waals surface area (Å²) in [6.07, 6.45) is 0. The minimum atomic E-state index is 0. The van der Waals surface area contributed by atoms with Crippen molar-refractivity contribution < 1.29 is 16.8 Å². The Labute approximate surface area is 134 Å². The summed E-state index contributed by atoms with van der Waals surface area (Å²) in [6, 6.07) is 18.2. The maximum Gasteiger partial charge on any atom is 0.379 e. The van der Waals surface area contributed by atoms with E-state index in [4.69, 9.17) is 9.40 Å². The number of para-hydroxylation sites is 2. The summed E-state index contributed by atoms with van der Waals surface area (Å²) in [5.74, 6) is 0. The molecule has 4 rings (SSSR count). The molecule has 1 aromatic heterocycles. The van der Waals surface area contributed by atoms with Crippen molar-refractivity contribution in [1.82, 2.24) is 4.98 Å². The van der Waals surface area contributed by atoms with Crippen molar-refractivity contribution in [3.8, 4) is 0 Å². The molecular formula is C18H15ClN2O. The van der Waals surface area contributed by atoms with Gasteiger partial charge in [-0.3, -0.25) is 0 Å². The van der Waals surface area contributed by atoms with Crippen LogP contribution < -0.4 is 17.3 Å². The molecule has 0 spiro atoms. The zero-order chi connectivity index (χ0) is 14.4. The Balaban J connectivity index is 0.00000144. The third-order valence-corrected chi connectivity index (χ3v) is 3.76. The molecule has 1 heterocycles. The summed E-state index contributed by atoms with van der Waals surface area (Å²) in [6.45, 7) is 0. The molecule has 0 aliphatic heterocycles. The first kappa shape index (κ1) is 14.5. The van der Waals surface area contributed by atoms with Gasteiger partial charge < -0.3 is 17.3 Å². The van der Waals surface area contributed by atoms with E-state index in [2.05, 4.69) is 29.2 Å². The summed E-state index contributed by atoms with van der Waals surface area (Å²) >= 11 is 0. The van der Waals surface area contributed by atoms with Crippen LogP contribution in [0.3, 0.4) is 0 Å². The molecule has 0 saturated heterocycles. The normalized spacial score (nSPS) is 10.8. The lowest BCUT2D eigenvalue weighted by Crippen LogP contribution is -3.00. The fraction of sp³-hybridized carbons (Fsp3) is 0.111. The fourth-order valence-corrected chi connectivity index (χ4v) is 2.76. The van der Waals surface area contributed by atoms with Crippen molar-refractivity contribution in [2.24, 2.45) is 0 Å². The van der Waals surface area contributed by atoms with E-state index in [1.807, 2.05) is 44.4 Å². The molecule has 0 fully saturated rings. The second-order valence-electron chi connectivity index (χ2n) is 5.36. The lowest BCUT2D eigenvalue weighted by Gasteiger charge is -2.15. The zero-order valence-electron chi connectivity index (χ0n) is 12.4. The van der Waals surface area contributed by atoms with E-state index in [1.165, 1.54) is 5.39 Å². The molecule has 110 valence electrons. The minimum Gasteiger partial charge on any atom is -1.00 e. The number of anilines is 1. The van der Waals surface area contributed by atoms with Gasteiger partial charge in [-0.05, 0) is 23.6 Å². The standard InChI is InChI=1S/C18H15N2O.ClH/c1-20(2)14-8-5-6-12-10-11-16-18(17(12)14)19-13-7-3-4-9-15(13)21-16;/h3-11H,1-2H3;1H/q+1;/p-1. The van der Waals surface area contributed by atoms with Gasteiger partial charge in [-0.2, -0.15) is 0 Å². The van der Waals surface area contributed by atoms with Gasteiger partial charge in [0.25, 0.3) is 0 Å². The lowest BCUT2D eigenvalue weighted by atomic mass is 10.1. The molecule has 22 heavy (non-hydrogen) atoms. The van der Waals surface area contributed by atoms with E-state index in [-0.39, 0.29) is 12.4 Å². The number of benzene rings is 3. The molecule has 0 bridgehead atoms. The van der Waals surface area contributed by atoms with Crippen molar-refractivity contribution in [2.45, 2.75) is 0 Å². The first-order valence-corrected chi connectivity index (χ1v) is 6.96. The van der Waals surface area contributed by atoms with Crippen LogP contribution >= 0.6 is 0 Å². The highest BCUT2D eigenvalue weighted by molar-refractivity contribution is 6.11. The SMILES string of the molecule is CN(C)c1cccc2ccc3[o+]c4ccccc4nc3c12.[Cl-]. The topological polar surface area (TPSA) is 27.4 Å². The molecule has 0 aliphatic carbocycles. The maximum absolute atomic E-state index is 6.01. The van der Waals surface area contributed by atoms with E-state index in [0.717, 1.165) is 33.3 Å². The molecule has 0 N–H and O–H groups in total. The molecule has 3 nitrogen and oxygen atoms in total. The largest absolute Gasteiger partial charge is 1.00 e. The smallest absolute Gasteiger partial charge is 0.379 e. The predicted molar refractivity (Wildman–Crippen MR) is 87.8 cm³/mol. The van der Waals surface area contributed by atoms with Gasteiger partial charge in [-0.25, -0.2) is 9.40 Å². The van der Waals surface area contributed by atoms with Crippen molar-refractivity contribution >= 4 is 38.7 Å². The lowest BCUT2D eigenvalue weighted by molar-refractivity contribution is -0.00000464. The highest BCUT2D eigenvalue weighted by atomic mass is 35.5. The molecule has 4 heteroatoms. The number of fused-ring (bicyclic) bond motifs is 4. The van der Waals surface area contributed by atoms with E-state index >= 15 is 0 Å². The van der Waals surface area contributed by atoms with Crippen LogP contribution in [0.25, 0.3) is 33.0 Å². The molecule has 0 aliphatic rings. The molecular weight excluding hydrogens is 296 g/mol. The van der Waals surface area contributed by atoms with Gasteiger partial charge in [0.2, 0.25) is 0 Å². The monoisotopic (exact) mass is 310 g/mol. The molecule has 0 saturated carbocycles. The Morgan fingerprint density at radius 2 is 1.68 bits per heavy atom. The van der Waals surface area contributed by atoms with Gasteiger partial charge in [0.1, 0.15) is 0 Å². The Kier molecular flexibility index (Phi) is 3.59. The van der Waals surface area contributed by atoms with Gasteiger partial charge >= 0.3 is 11.2 Å². The van der Waals surface area contributed by atoms with Crippen LogP contribution in [0, 0.1) is 0 Å². The quantitative estimate of drug-likeness (QED) is 0.303. The average Bonchev–Trinajstić information content (AvgIpc) is 2.52. The Hall–Kier alpha value is -2.39. The Bertz CT molecular complexity index is 982. The van der Waals surface area contributed by atoms with Gasteiger partial charge in [-0.1, -0.05) is 24.3 Å². The second kappa shape index (κ2) is 5.43. The first-order chi connectivity index (χ1) is 10.2. The second-order valence-corrected chi connectivity index (χ2v) is 5.36. The molecule has 0 amide bonds. The summed E-state index contributed by atoms with van der Waals surface area (Å²) in [5, 5.41) is 2.31. The van der Waals surface area contributed by atoms with Crippen LogP contribution in [0.4, 0.5) is 5.69 Å². The third-order valence-electron chi connectivity index (χ3n) is 3.76. The number of aromatic nitrogens is 1.